The maximum atomic E-state index is 12.1. The van der Waals surface area contributed by atoms with Gasteiger partial charge in [0.25, 0.3) is 0 Å². The molecule has 0 bridgehead atoms. The highest BCUT2D eigenvalue weighted by atomic mass is 79.9. The third-order valence-electron chi connectivity index (χ3n) is 3.49. The second kappa shape index (κ2) is 9.19. The Morgan fingerprint density at radius 1 is 1.40 bits per heavy atom. The first-order valence-electron chi connectivity index (χ1n) is 7.25. The highest BCUT2D eigenvalue weighted by molar-refractivity contribution is 9.10. The molecule has 0 aromatic carbocycles. The van der Waals surface area contributed by atoms with Crippen molar-refractivity contribution in [2.75, 3.05) is 13.6 Å². The van der Waals surface area contributed by atoms with Crippen LogP contribution in [0.25, 0.3) is 0 Å². The Labute approximate surface area is 129 Å². The minimum atomic E-state index is 0.163. The van der Waals surface area contributed by atoms with Crippen molar-refractivity contribution in [3.63, 3.8) is 0 Å². The monoisotopic (exact) mass is 344 g/mol. The fraction of sp³-hybridized carbons (Fsp3) is 0.667. The Balaban J connectivity index is 2.36. The standard InChI is InChI=1S/C15H25BrN2O2/c1-3-4-12(9-10-17)5-8-15(19)18(2)11-13-6-7-14(16)20-13/h6-7,12H,3-5,8-11,17H2,1-2H3. The van der Waals surface area contributed by atoms with E-state index in [1.54, 1.807) is 4.90 Å². The lowest BCUT2D eigenvalue weighted by Gasteiger charge is -2.19. The lowest BCUT2D eigenvalue weighted by Crippen LogP contribution is -2.26. The van der Waals surface area contributed by atoms with E-state index >= 15 is 0 Å². The molecular formula is C15H25BrN2O2. The van der Waals surface area contributed by atoms with E-state index in [4.69, 9.17) is 10.2 Å². The molecule has 0 radical (unpaired) electrons. The van der Waals surface area contributed by atoms with E-state index in [0.29, 0.717) is 30.1 Å². The van der Waals surface area contributed by atoms with Gasteiger partial charge < -0.3 is 15.1 Å². The molecule has 1 aromatic rings. The first-order chi connectivity index (χ1) is 9.56. The summed E-state index contributed by atoms with van der Waals surface area (Å²) in [4.78, 5) is 13.8. The molecule has 0 aliphatic carbocycles. The molecule has 0 fully saturated rings. The first-order valence-corrected chi connectivity index (χ1v) is 8.04. The van der Waals surface area contributed by atoms with Crippen LogP contribution in [0.2, 0.25) is 0 Å². The largest absolute Gasteiger partial charge is 0.452 e. The number of furan rings is 1. The van der Waals surface area contributed by atoms with Crippen molar-refractivity contribution in [3.05, 3.63) is 22.6 Å². The van der Waals surface area contributed by atoms with Crippen LogP contribution in [0.4, 0.5) is 0 Å². The van der Waals surface area contributed by atoms with E-state index in [1.807, 2.05) is 19.2 Å². The predicted molar refractivity (Wildman–Crippen MR) is 84.2 cm³/mol. The summed E-state index contributed by atoms with van der Waals surface area (Å²) in [6.45, 7) is 3.39. The summed E-state index contributed by atoms with van der Waals surface area (Å²) in [5.74, 6) is 1.52. The molecule has 114 valence electrons. The number of amides is 1. The van der Waals surface area contributed by atoms with Gasteiger partial charge in [-0.1, -0.05) is 19.8 Å². The molecule has 20 heavy (non-hydrogen) atoms. The van der Waals surface area contributed by atoms with Gasteiger partial charge in [-0.25, -0.2) is 0 Å². The second-order valence-corrected chi connectivity index (χ2v) is 6.01. The van der Waals surface area contributed by atoms with Gasteiger partial charge in [0.1, 0.15) is 5.76 Å². The number of rotatable bonds is 9. The Hall–Kier alpha value is -0.810. The quantitative estimate of drug-likeness (QED) is 0.745. The van der Waals surface area contributed by atoms with Gasteiger partial charge in [0, 0.05) is 13.5 Å². The Bertz CT molecular complexity index is 400. The van der Waals surface area contributed by atoms with Crippen LogP contribution in [0.15, 0.2) is 21.2 Å². The fourth-order valence-corrected chi connectivity index (χ4v) is 2.69. The molecule has 1 aromatic heterocycles. The van der Waals surface area contributed by atoms with E-state index in [9.17, 15) is 4.79 Å². The molecule has 0 saturated heterocycles. The van der Waals surface area contributed by atoms with Gasteiger partial charge in [-0.3, -0.25) is 4.79 Å². The minimum absolute atomic E-state index is 0.163. The summed E-state index contributed by atoms with van der Waals surface area (Å²) < 4.78 is 6.11. The predicted octanol–water partition coefficient (Wildman–Crippen LogP) is 3.55. The van der Waals surface area contributed by atoms with Crippen LogP contribution in [0.1, 0.15) is 44.8 Å². The first kappa shape index (κ1) is 17.2. The average molecular weight is 345 g/mol. The van der Waals surface area contributed by atoms with Crippen molar-refractivity contribution in [1.82, 2.24) is 4.90 Å². The molecule has 5 heteroatoms. The van der Waals surface area contributed by atoms with Crippen LogP contribution in [-0.4, -0.2) is 24.4 Å². The number of carbonyl (C=O) groups excluding carboxylic acids is 1. The number of nitrogens with zero attached hydrogens (tertiary/aromatic N) is 1. The van der Waals surface area contributed by atoms with Crippen LogP contribution in [0.3, 0.4) is 0 Å². The molecule has 2 N–H and O–H groups in total. The molecule has 0 aliphatic heterocycles. The van der Waals surface area contributed by atoms with Gasteiger partial charge in [-0.15, -0.1) is 0 Å². The molecule has 1 heterocycles. The fourth-order valence-electron chi connectivity index (χ4n) is 2.35. The second-order valence-electron chi connectivity index (χ2n) is 5.23. The van der Waals surface area contributed by atoms with Crippen molar-refractivity contribution >= 4 is 21.8 Å². The highest BCUT2D eigenvalue weighted by Gasteiger charge is 2.14. The van der Waals surface area contributed by atoms with E-state index < -0.39 is 0 Å². The topological polar surface area (TPSA) is 59.5 Å². The summed E-state index contributed by atoms with van der Waals surface area (Å²) in [5.41, 5.74) is 5.62. The van der Waals surface area contributed by atoms with Gasteiger partial charge in [0.2, 0.25) is 5.91 Å². The van der Waals surface area contributed by atoms with Crippen LogP contribution < -0.4 is 5.73 Å². The number of hydrogen-bond acceptors (Lipinski definition) is 3. The van der Waals surface area contributed by atoms with Crippen molar-refractivity contribution in [3.8, 4) is 0 Å². The van der Waals surface area contributed by atoms with E-state index in [0.717, 1.165) is 31.4 Å². The highest BCUT2D eigenvalue weighted by Crippen LogP contribution is 2.19. The Morgan fingerprint density at radius 2 is 2.15 bits per heavy atom. The SMILES string of the molecule is CCCC(CCN)CCC(=O)N(C)Cc1ccc(Br)o1. The van der Waals surface area contributed by atoms with Crippen LogP contribution in [0, 0.1) is 5.92 Å². The molecule has 1 amide bonds. The maximum Gasteiger partial charge on any atom is 0.222 e. The number of hydrogen-bond donors (Lipinski definition) is 1. The third-order valence-corrected chi connectivity index (χ3v) is 3.91. The van der Waals surface area contributed by atoms with Gasteiger partial charge in [0.15, 0.2) is 4.67 Å². The van der Waals surface area contributed by atoms with E-state index in [1.165, 1.54) is 0 Å². The normalized spacial score (nSPS) is 12.4. The van der Waals surface area contributed by atoms with E-state index in [2.05, 4.69) is 22.9 Å². The molecule has 1 rings (SSSR count). The molecule has 0 saturated carbocycles. The number of nitrogens with two attached hydrogens (primary N) is 1. The molecule has 1 unspecified atom stereocenters. The zero-order chi connectivity index (χ0) is 15.0. The lowest BCUT2D eigenvalue weighted by molar-refractivity contribution is -0.131. The van der Waals surface area contributed by atoms with Crippen molar-refractivity contribution in [1.29, 1.82) is 0 Å². The van der Waals surface area contributed by atoms with Crippen molar-refractivity contribution < 1.29 is 9.21 Å². The maximum absolute atomic E-state index is 12.1. The average Bonchev–Trinajstić information content (AvgIpc) is 2.81. The number of halogens is 1. The van der Waals surface area contributed by atoms with Gasteiger partial charge in [-0.2, -0.15) is 0 Å². The summed E-state index contributed by atoms with van der Waals surface area (Å²) in [6.07, 6.45) is 4.82. The molecule has 1 atom stereocenters. The van der Waals surface area contributed by atoms with Gasteiger partial charge in [-0.05, 0) is 53.4 Å². The van der Waals surface area contributed by atoms with Crippen LogP contribution >= 0.6 is 15.9 Å². The zero-order valence-corrected chi connectivity index (χ0v) is 14.0. The van der Waals surface area contributed by atoms with Crippen molar-refractivity contribution in [2.24, 2.45) is 11.7 Å². The number of carbonyl (C=O) groups is 1. The van der Waals surface area contributed by atoms with Gasteiger partial charge >= 0.3 is 0 Å². The van der Waals surface area contributed by atoms with E-state index in [-0.39, 0.29) is 5.91 Å². The van der Waals surface area contributed by atoms with Crippen molar-refractivity contribution in [2.45, 2.75) is 45.6 Å². The van der Waals surface area contributed by atoms with Gasteiger partial charge in [0.05, 0.1) is 6.54 Å². The molecule has 0 spiro atoms. The molecule has 4 nitrogen and oxygen atoms in total. The minimum Gasteiger partial charge on any atom is -0.452 e. The Morgan fingerprint density at radius 3 is 2.70 bits per heavy atom. The Kier molecular flexibility index (Phi) is 7.92. The summed E-state index contributed by atoms with van der Waals surface area (Å²) >= 11 is 3.26. The summed E-state index contributed by atoms with van der Waals surface area (Å²) in [6, 6.07) is 3.72. The van der Waals surface area contributed by atoms with Crippen LogP contribution in [0.5, 0.6) is 0 Å². The lowest BCUT2D eigenvalue weighted by atomic mass is 9.94. The smallest absolute Gasteiger partial charge is 0.222 e. The molecular weight excluding hydrogens is 320 g/mol. The molecule has 0 aliphatic rings. The third kappa shape index (κ3) is 6.09. The summed E-state index contributed by atoms with van der Waals surface area (Å²) in [5, 5.41) is 0. The zero-order valence-electron chi connectivity index (χ0n) is 12.4. The van der Waals surface area contributed by atoms with Crippen LogP contribution in [-0.2, 0) is 11.3 Å². The summed E-state index contributed by atoms with van der Waals surface area (Å²) in [7, 11) is 1.82.